The van der Waals surface area contributed by atoms with Gasteiger partial charge in [-0.15, -0.1) is 0 Å². The molecule has 2 aliphatic rings. The summed E-state index contributed by atoms with van der Waals surface area (Å²) in [7, 11) is 13.4. The van der Waals surface area contributed by atoms with Crippen molar-refractivity contribution in [2.75, 3.05) is 16.8 Å². The van der Waals surface area contributed by atoms with Crippen molar-refractivity contribution in [2.45, 2.75) is 31.0 Å². The predicted octanol–water partition coefficient (Wildman–Crippen LogP) is 1.12. The molecule has 2 fully saturated rings. The molecular formula is C21H13B2F4N5O2S. The second kappa shape index (κ2) is 8.34. The highest BCUT2D eigenvalue weighted by Gasteiger charge is 2.60. The standard InChI is InChI=1S/C21H13B2F4N5O2S/c1-29-17(33)10-6-12(22)16(14(23)15(10)24)32-19(35)31(18(34)20(32)3-2-4-20)9-5-11(21(25,26)27)13(7-28)30-8-9/h5-6,8H,2-4H2,1H3,(H,29,33). The number of hydrogen-bond donors (Lipinski definition) is 1. The summed E-state index contributed by atoms with van der Waals surface area (Å²) in [5.41, 5.74) is -5.16. The average Bonchev–Trinajstić information content (AvgIpc) is 3.01. The van der Waals surface area contributed by atoms with Gasteiger partial charge in [0.1, 0.15) is 33.1 Å². The molecule has 4 rings (SSSR count). The Morgan fingerprint density at radius 1 is 1.31 bits per heavy atom. The smallest absolute Gasteiger partial charge is 0.355 e. The van der Waals surface area contributed by atoms with Crippen LogP contribution in [0.15, 0.2) is 18.3 Å². The van der Waals surface area contributed by atoms with Crippen molar-refractivity contribution in [3.8, 4) is 6.07 Å². The first-order valence-corrected chi connectivity index (χ1v) is 10.6. The van der Waals surface area contributed by atoms with E-state index >= 15 is 4.39 Å². The third kappa shape index (κ3) is 3.56. The summed E-state index contributed by atoms with van der Waals surface area (Å²) in [6, 6.07) is 3.02. The third-order valence-corrected chi connectivity index (χ3v) is 6.50. The van der Waals surface area contributed by atoms with Crippen LogP contribution in [0.1, 0.15) is 40.9 Å². The Kier molecular flexibility index (Phi) is 5.87. The average molecular weight is 497 g/mol. The number of benzene rings is 1. The summed E-state index contributed by atoms with van der Waals surface area (Å²) >= 11 is 5.46. The number of nitrogens with one attached hydrogen (secondary N) is 1. The fourth-order valence-electron chi connectivity index (χ4n) is 4.28. The number of halogens is 4. The summed E-state index contributed by atoms with van der Waals surface area (Å²) in [6.45, 7) is 0. The van der Waals surface area contributed by atoms with Crippen molar-refractivity contribution in [1.82, 2.24) is 10.3 Å². The van der Waals surface area contributed by atoms with Crippen molar-refractivity contribution in [3.63, 3.8) is 0 Å². The zero-order valence-electron chi connectivity index (χ0n) is 18.0. The highest BCUT2D eigenvalue weighted by atomic mass is 32.1. The summed E-state index contributed by atoms with van der Waals surface area (Å²) < 4.78 is 55.6. The fourth-order valence-corrected chi connectivity index (χ4v) is 4.74. The third-order valence-electron chi connectivity index (χ3n) is 6.13. The number of nitrogens with zero attached hydrogens (tertiary/aromatic N) is 4. The maximum Gasteiger partial charge on any atom is 0.419 e. The van der Waals surface area contributed by atoms with E-state index < -0.39 is 51.6 Å². The molecule has 1 saturated carbocycles. The van der Waals surface area contributed by atoms with Gasteiger partial charge in [0.15, 0.2) is 10.8 Å². The van der Waals surface area contributed by atoms with Crippen LogP contribution in [0.5, 0.6) is 0 Å². The molecule has 1 aliphatic heterocycles. The van der Waals surface area contributed by atoms with Gasteiger partial charge in [-0.2, -0.15) is 18.4 Å². The first-order valence-electron chi connectivity index (χ1n) is 10.1. The zero-order chi connectivity index (χ0) is 25.9. The van der Waals surface area contributed by atoms with Crippen molar-refractivity contribution in [1.29, 1.82) is 5.26 Å². The molecule has 7 nitrogen and oxygen atoms in total. The van der Waals surface area contributed by atoms with Gasteiger partial charge >= 0.3 is 6.18 Å². The van der Waals surface area contributed by atoms with Crippen LogP contribution in [-0.4, -0.2) is 50.2 Å². The molecule has 1 aromatic carbocycles. The maximum atomic E-state index is 15.0. The van der Waals surface area contributed by atoms with Gasteiger partial charge in [0.25, 0.3) is 11.8 Å². The molecule has 0 atom stereocenters. The minimum Gasteiger partial charge on any atom is -0.355 e. The number of carbonyl (C=O) groups is 2. The molecule has 174 valence electrons. The minimum absolute atomic E-state index is 0.153. The number of amides is 2. The normalized spacial score (nSPS) is 16.9. The molecule has 1 N–H and O–H groups in total. The van der Waals surface area contributed by atoms with E-state index in [-0.39, 0.29) is 34.8 Å². The lowest BCUT2D eigenvalue weighted by molar-refractivity contribution is -0.138. The van der Waals surface area contributed by atoms with Crippen LogP contribution in [0.25, 0.3) is 0 Å². The zero-order valence-corrected chi connectivity index (χ0v) is 18.9. The van der Waals surface area contributed by atoms with Crippen LogP contribution in [-0.2, 0) is 11.0 Å². The predicted molar refractivity (Wildman–Crippen MR) is 124 cm³/mol. The summed E-state index contributed by atoms with van der Waals surface area (Å²) in [5.74, 6) is -2.53. The second-order valence-corrected chi connectivity index (χ2v) is 8.38. The monoisotopic (exact) mass is 497 g/mol. The molecule has 0 bridgehead atoms. The van der Waals surface area contributed by atoms with E-state index in [1.807, 2.05) is 0 Å². The number of anilines is 2. The lowest BCUT2D eigenvalue weighted by Gasteiger charge is -2.44. The molecular weight excluding hydrogens is 484 g/mol. The van der Waals surface area contributed by atoms with E-state index in [9.17, 15) is 22.8 Å². The summed E-state index contributed by atoms with van der Waals surface area (Å²) in [5, 5.41) is 11.0. The number of pyridine rings is 1. The quantitative estimate of drug-likeness (QED) is 0.389. The number of aromatic nitrogens is 1. The number of nitriles is 1. The van der Waals surface area contributed by atoms with Crippen LogP contribution >= 0.6 is 12.2 Å². The van der Waals surface area contributed by atoms with Crippen LogP contribution < -0.4 is 26.0 Å². The van der Waals surface area contributed by atoms with Gasteiger partial charge in [0.05, 0.1) is 23.0 Å². The maximum absolute atomic E-state index is 15.0. The Hall–Kier alpha value is -3.46. The van der Waals surface area contributed by atoms with Crippen molar-refractivity contribution in [2.24, 2.45) is 0 Å². The SMILES string of the molecule is [B]c1cc(C(=O)NC)c(F)c([B])c1N1C(=S)N(c2cnc(C#N)c(C(F)(F)F)c2)C(=O)C12CCC2. The van der Waals surface area contributed by atoms with Crippen LogP contribution in [0.3, 0.4) is 0 Å². The topological polar surface area (TPSA) is 89.3 Å². The van der Waals surface area contributed by atoms with E-state index in [1.165, 1.54) is 18.0 Å². The molecule has 0 unspecified atom stereocenters. The van der Waals surface area contributed by atoms with Crippen molar-refractivity contribution in [3.05, 3.63) is 41.0 Å². The minimum atomic E-state index is -4.92. The largest absolute Gasteiger partial charge is 0.419 e. The number of hydrogen-bond acceptors (Lipinski definition) is 5. The highest BCUT2D eigenvalue weighted by Crippen LogP contribution is 2.47. The molecule has 1 aromatic heterocycles. The molecule has 2 amide bonds. The second-order valence-electron chi connectivity index (χ2n) is 8.01. The molecule has 14 heteroatoms. The lowest BCUT2D eigenvalue weighted by Crippen LogP contribution is -2.57. The molecule has 1 saturated heterocycles. The van der Waals surface area contributed by atoms with Crippen LogP contribution in [0, 0.1) is 17.1 Å². The van der Waals surface area contributed by atoms with Gasteiger partial charge in [-0.1, -0.05) is 11.5 Å². The summed E-state index contributed by atoms with van der Waals surface area (Å²) in [4.78, 5) is 31.2. The van der Waals surface area contributed by atoms with Gasteiger partial charge in [-0.25, -0.2) is 9.37 Å². The first-order chi connectivity index (χ1) is 16.4. The summed E-state index contributed by atoms with van der Waals surface area (Å²) in [6.07, 6.45) is -2.92. The van der Waals surface area contributed by atoms with E-state index in [0.717, 1.165) is 17.2 Å². The van der Waals surface area contributed by atoms with Crippen LogP contribution in [0.4, 0.5) is 28.9 Å². The van der Waals surface area contributed by atoms with Crippen LogP contribution in [0.2, 0.25) is 0 Å². The van der Waals surface area contributed by atoms with Crippen molar-refractivity contribution >= 4 is 67.1 Å². The Morgan fingerprint density at radius 3 is 2.49 bits per heavy atom. The van der Waals surface area contributed by atoms with E-state index in [2.05, 4.69) is 10.3 Å². The molecule has 2 heterocycles. The number of alkyl halides is 3. The van der Waals surface area contributed by atoms with Crippen molar-refractivity contribution < 1.29 is 27.2 Å². The number of carbonyl (C=O) groups excluding carboxylic acids is 2. The number of rotatable bonds is 3. The Balaban J connectivity index is 1.89. The van der Waals surface area contributed by atoms with Gasteiger partial charge in [0.2, 0.25) is 0 Å². The fraction of sp³-hybridized carbons (Fsp3) is 0.286. The van der Waals surface area contributed by atoms with Gasteiger partial charge in [-0.3, -0.25) is 14.5 Å². The van der Waals surface area contributed by atoms with E-state index in [4.69, 9.17) is 33.2 Å². The number of thiocarbonyl (C=S) groups is 1. The van der Waals surface area contributed by atoms with E-state index in [0.29, 0.717) is 12.5 Å². The molecule has 1 aliphatic carbocycles. The highest BCUT2D eigenvalue weighted by molar-refractivity contribution is 7.81. The van der Waals surface area contributed by atoms with Gasteiger partial charge in [-0.05, 0) is 43.0 Å². The Labute approximate surface area is 204 Å². The first kappa shape index (κ1) is 24.7. The van der Waals surface area contributed by atoms with Gasteiger partial charge in [0, 0.05) is 12.7 Å². The molecule has 4 radical (unpaired) electrons. The van der Waals surface area contributed by atoms with Gasteiger partial charge < -0.3 is 10.2 Å². The Bertz CT molecular complexity index is 1340. The molecule has 2 aromatic rings. The van der Waals surface area contributed by atoms with E-state index in [1.54, 1.807) is 0 Å². The lowest BCUT2D eigenvalue weighted by atomic mass is 9.73. The molecule has 35 heavy (non-hydrogen) atoms. The Morgan fingerprint density at radius 2 is 1.97 bits per heavy atom. The molecule has 1 spiro atoms.